The lowest BCUT2D eigenvalue weighted by atomic mass is 9.99. The molecule has 2 aromatic carbocycles. The van der Waals surface area contributed by atoms with E-state index in [1.165, 1.54) is 34.9 Å². The number of carbonyl (C=O) groups excluding carboxylic acids is 1. The maximum Gasteiger partial charge on any atom is 0.252 e. The van der Waals surface area contributed by atoms with Crippen molar-refractivity contribution in [3.63, 3.8) is 0 Å². The summed E-state index contributed by atoms with van der Waals surface area (Å²) in [5, 5.41) is 0. The first-order valence-electron chi connectivity index (χ1n) is 11.7. The average Bonchev–Trinajstić information content (AvgIpc) is 3.20. The molecule has 0 bridgehead atoms. The van der Waals surface area contributed by atoms with Gasteiger partial charge < -0.3 is 14.0 Å². The highest BCUT2D eigenvalue weighted by atomic mass is 32.2. The van der Waals surface area contributed by atoms with Crippen molar-refractivity contribution < 1.29 is 22.7 Å². The first-order chi connectivity index (χ1) is 16.8. The Labute approximate surface area is 209 Å². The third-order valence-corrected chi connectivity index (χ3v) is 9.06. The molecule has 1 aromatic heterocycles. The quantitative estimate of drug-likeness (QED) is 0.426. The van der Waals surface area contributed by atoms with Gasteiger partial charge in [-0.15, -0.1) is 0 Å². The number of sulfonamides is 1. The average molecular weight is 518 g/mol. The third kappa shape index (κ3) is 5.66. The van der Waals surface area contributed by atoms with Gasteiger partial charge in [-0.3, -0.25) is 4.79 Å². The van der Waals surface area contributed by atoms with Gasteiger partial charge in [-0.05, 0) is 68.7 Å². The highest BCUT2D eigenvalue weighted by Crippen LogP contribution is 2.26. The predicted molar refractivity (Wildman–Crippen MR) is 136 cm³/mol. The van der Waals surface area contributed by atoms with Crippen LogP contribution in [-0.4, -0.2) is 56.6 Å². The van der Waals surface area contributed by atoms with Crippen LogP contribution in [0, 0.1) is 12.8 Å². The number of hydrogen-bond donors (Lipinski definition) is 0. The van der Waals surface area contributed by atoms with Crippen molar-refractivity contribution in [2.24, 2.45) is 10.9 Å². The van der Waals surface area contributed by atoms with E-state index in [1.54, 1.807) is 12.1 Å². The van der Waals surface area contributed by atoms with E-state index >= 15 is 0 Å². The van der Waals surface area contributed by atoms with Crippen LogP contribution in [0.15, 0.2) is 52.4 Å². The molecule has 0 saturated carbocycles. The molecule has 0 aliphatic carbocycles. The second-order valence-corrected chi connectivity index (χ2v) is 11.5. The Hall–Kier alpha value is -2.53. The number of hydrogen-bond acceptors (Lipinski definition) is 6. The topological polar surface area (TPSA) is 90.2 Å². The zero-order chi connectivity index (χ0) is 25.0. The fourth-order valence-corrected chi connectivity index (χ4v) is 6.91. The number of ether oxygens (including phenoxy) is 2. The van der Waals surface area contributed by atoms with E-state index in [4.69, 9.17) is 9.47 Å². The molecular weight excluding hydrogens is 486 g/mol. The number of aryl methyl sites for hydroxylation is 1. The minimum Gasteiger partial charge on any atom is -0.497 e. The van der Waals surface area contributed by atoms with Gasteiger partial charge in [0, 0.05) is 26.2 Å². The summed E-state index contributed by atoms with van der Waals surface area (Å²) in [7, 11) is -2.18. The van der Waals surface area contributed by atoms with Crippen LogP contribution in [0.3, 0.4) is 0 Å². The van der Waals surface area contributed by atoms with Gasteiger partial charge in [0.05, 0.1) is 34.7 Å². The Kier molecular flexibility index (Phi) is 8.05. The summed E-state index contributed by atoms with van der Waals surface area (Å²) in [4.78, 5) is 18.5. The number of rotatable bonds is 8. The molecule has 10 heteroatoms. The van der Waals surface area contributed by atoms with Crippen molar-refractivity contribution in [1.82, 2.24) is 8.87 Å². The number of fused-ring (bicyclic) bond motifs is 1. The highest BCUT2D eigenvalue weighted by Gasteiger charge is 2.33. The van der Waals surface area contributed by atoms with E-state index in [0.29, 0.717) is 49.7 Å². The van der Waals surface area contributed by atoms with Crippen LogP contribution in [0.1, 0.15) is 25.3 Å². The summed E-state index contributed by atoms with van der Waals surface area (Å²) >= 11 is 1.47. The second kappa shape index (κ2) is 11.0. The lowest BCUT2D eigenvalue weighted by Gasteiger charge is -2.30. The van der Waals surface area contributed by atoms with Crippen molar-refractivity contribution in [2.45, 2.75) is 38.1 Å². The van der Waals surface area contributed by atoms with E-state index < -0.39 is 15.9 Å². The normalized spacial score (nSPS) is 17.7. The molecule has 1 unspecified atom stereocenters. The fourth-order valence-electron chi connectivity index (χ4n) is 4.23. The molecule has 2 heterocycles. The first kappa shape index (κ1) is 25.6. The third-order valence-electron chi connectivity index (χ3n) is 6.14. The van der Waals surface area contributed by atoms with Gasteiger partial charge in [0.1, 0.15) is 5.75 Å². The van der Waals surface area contributed by atoms with E-state index in [1.807, 2.05) is 30.5 Å². The predicted octanol–water partition coefficient (Wildman–Crippen LogP) is 3.58. The maximum absolute atomic E-state index is 13.2. The van der Waals surface area contributed by atoms with Gasteiger partial charge in [-0.25, -0.2) is 8.42 Å². The van der Waals surface area contributed by atoms with E-state index in [2.05, 4.69) is 11.1 Å². The zero-order valence-corrected chi connectivity index (χ0v) is 21.9. The number of piperidine rings is 1. The number of carbonyl (C=O) groups is 1. The largest absolute Gasteiger partial charge is 0.497 e. The zero-order valence-electron chi connectivity index (χ0n) is 20.3. The van der Waals surface area contributed by atoms with Gasteiger partial charge in [-0.2, -0.15) is 9.30 Å². The van der Waals surface area contributed by atoms with Crippen molar-refractivity contribution in [1.29, 1.82) is 0 Å². The monoisotopic (exact) mass is 517 g/mol. The lowest BCUT2D eigenvalue weighted by Crippen LogP contribution is -2.42. The Balaban J connectivity index is 1.59. The molecule has 188 valence electrons. The summed E-state index contributed by atoms with van der Waals surface area (Å²) < 4.78 is 41.5. The van der Waals surface area contributed by atoms with Crippen molar-refractivity contribution >= 4 is 37.5 Å². The molecule has 1 saturated heterocycles. The maximum atomic E-state index is 13.2. The van der Waals surface area contributed by atoms with Crippen LogP contribution in [0.25, 0.3) is 10.2 Å². The lowest BCUT2D eigenvalue weighted by molar-refractivity contribution is -0.122. The Morgan fingerprint density at radius 1 is 1.20 bits per heavy atom. The van der Waals surface area contributed by atoms with Crippen LogP contribution in [0.2, 0.25) is 0 Å². The van der Waals surface area contributed by atoms with Crippen LogP contribution in [0.5, 0.6) is 5.75 Å². The molecular formula is C25H31N3O5S2. The van der Waals surface area contributed by atoms with Crippen molar-refractivity contribution in [3.05, 3.63) is 52.8 Å². The summed E-state index contributed by atoms with van der Waals surface area (Å²) in [6.45, 7) is 6.22. The van der Waals surface area contributed by atoms with Crippen LogP contribution >= 0.6 is 11.3 Å². The minimum absolute atomic E-state index is 0.125. The fraction of sp³-hybridized carbons (Fsp3) is 0.440. The summed E-state index contributed by atoms with van der Waals surface area (Å²) in [6.07, 6.45) is 1.22. The van der Waals surface area contributed by atoms with Crippen LogP contribution in [0.4, 0.5) is 0 Å². The number of benzene rings is 2. The number of thiazole rings is 1. The molecule has 1 amide bonds. The van der Waals surface area contributed by atoms with Gasteiger partial charge >= 0.3 is 0 Å². The Morgan fingerprint density at radius 3 is 2.69 bits per heavy atom. The number of aromatic nitrogens is 1. The molecule has 0 N–H and O–H groups in total. The Morgan fingerprint density at radius 2 is 1.97 bits per heavy atom. The van der Waals surface area contributed by atoms with Crippen molar-refractivity contribution in [3.8, 4) is 5.75 Å². The van der Waals surface area contributed by atoms with E-state index in [-0.39, 0.29) is 17.3 Å². The van der Waals surface area contributed by atoms with E-state index in [0.717, 1.165) is 15.8 Å². The van der Waals surface area contributed by atoms with Crippen LogP contribution < -0.4 is 9.54 Å². The minimum atomic E-state index is -3.71. The highest BCUT2D eigenvalue weighted by molar-refractivity contribution is 7.89. The Bertz CT molecular complexity index is 1360. The van der Waals surface area contributed by atoms with Crippen molar-refractivity contribution in [2.75, 3.05) is 33.4 Å². The molecule has 0 spiro atoms. The molecule has 1 atom stereocenters. The SMILES string of the molecule is CCOCCn1c(=NC(=O)C2CCCN(S(=O)(=O)c3ccc(OC)cc3)C2)sc2cc(C)ccc21. The molecule has 1 aliphatic heterocycles. The first-order valence-corrected chi connectivity index (χ1v) is 14.0. The van der Waals surface area contributed by atoms with E-state index in [9.17, 15) is 13.2 Å². The van der Waals surface area contributed by atoms with Gasteiger partial charge in [0.15, 0.2) is 4.80 Å². The summed E-state index contributed by atoms with van der Waals surface area (Å²) in [5.41, 5.74) is 2.15. The molecule has 0 radical (unpaired) electrons. The number of amides is 1. The summed E-state index contributed by atoms with van der Waals surface area (Å²) in [5.74, 6) is -0.178. The number of nitrogens with zero attached hydrogens (tertiary/aromatic N) is 3. The molecule has 3 aromatic rings. The molecule has 35 heavy (non-hydrogen) atoms. The van der Waals surface area contributed by atoms with Gasteiger partial charge in [0.25, 0.3) is 5.91 Å². The number of methoxy groups -OCH3 is 1. The van der Waals surface area contributed by atoms with Gasteiger partial charge in [-0.1, -0.05) is 17.4 Å². The molecule has 8 nitrogen and oxygen atoms in total. The standard InChI is InChI=1S/C25H31N3O5S2/c1-4-33-15-14-28-22-12-7-18(2)16-23(22)34-25(28)26-24(29)19-6-5-13-27(17-19)35(30,31)21-10-8-20(32-3)9-11-21/h7-12,16,19H,4-6,13-15,17H2,1-3H3. The molecule has 1 fully saturated rings. The second-order valence-electron chi connectivity index (χ2n) is 8.53. The molecule has 4 rings (SSSR count). The van der Waals surface area contributed by atoms with Crippen LogP contribution in [-0.2, 0) is 26.1 Å². The summed E-state index contributed by atoms with van der Waals surface area (Å²) in [6, 6.07) is 12.5. The van der Waals surface area contributed by atoms with Gasteiger partial charge in [0.2, 0.25) is 10.0 Å². The molecule has 1 aliphatic rings. The smallest absolute Gasteiger partial charge is 0.252 e.